The summed E-state index contributed by atoms with van der Waals surface area (Å²) in [5.41, 5.74) is 1.71. The fraction of sp³-hybridized carbons (Fsp3) is 0.460. The monoisotopic (exact) mass is 971 g/mol. The zero-order chi connectivity index (χ0) is 49.3. The normalized spacial score (nSPS) is 17.3. The number of ether oxygens (including phenoxy) is 2. The van der Waals surface area contributed by atoms with E-state index in [2.05, 4.69) is 15.6 Å². The van der Waals surface area contributed by atoms with Crippen molar-refractivity contribution in [3.05, 3.63) is 94.7 Å². The third-order valence-electron chi connectivity index (χ3n) is 12.1. The third-order valence-corrected chi connectivity index (χ3v) is 12.7. The molecule has 15 nitrogen and oxygen atoms in total. The van der Waals surface area contributed by atoms with Gasteiger partial charge in [-0.2, -0.15) is 5.26 Å². The van der Waals surface area contributed by atoms with Gasteiger partial charge >= 0.3 is 0 Å². The SMILES string of the molecule is Cc1ncoc1-c1ccc(CNC(=O)[C@@H]2C[C@@H](O)CN2C(=O)[C@@H](NC(=O)COCCCCCCCCOc2ccc(N3C(=S)N(c4ccc(C#N)c(Cl)c4)C(=O)C3(C)C)cc2F)C(C)(C)C)cc1. The molecule has 362 valence electrons. The van der Waals surface area contributed by atoms with Gasteiger partial charge in [-0.3, -0.25) is 24.1 Å². The van der Waals surface area contributed by atoms with Gasteiger partial charge in [-0.1, -0.05) is 82.3 Å². The highest BCUT2D eigenvalue weighted by molar-refractivity contribution is 7.81. The number of hydrogen-bond acceptors (Lipinski definition) is 11. The molecule has 1 aromatic heterocycles. The van der Waals surface area contributed by atoms with E-state index in [9.17, 15) is 29.5 Å². The van der Waals surface area contributed by atoms with Crippen LogP contribution in [0.3, 0.4) is 0 Å². The van der Waals surface area contributed by atoms with Crippen LogP contribution >= 0.6 is 23.8 Å². The lowest BCUT2D eigenvalue weighted by Gasteiger charge is -2.35. The van der Waals surface area contributed by atoms with E-state index in [0.29, 0.717) is 36.8 Å². The number of hydrogen-bond donors (Lipinski definition) is 3. The number of aryl methyl sites for hydroxylation is 1. The number of amides is 4. The van der Waals surface area contributed by atoms with Crippen LogP contribution in [0.5, 0.6) is 5.75 Å². The van der Waals surface area contributed by atoms with E-state index in [1.807, 2.05) is 58.0 Å². The average molecular weight is 973 g/mol. The lowest BCUT2D eigenvalue weighted by molar-refractivity contribution is -0.144. The Morgan fingerprint density at radius 1 is 1.03 bits per heavy atom. The summed E-state index contributed by atoms with van der Waals surface area (Å²) < 4.78 is 32.2. The topological polar surface area (TPSA) is 191 Å². The molecule has 0 radical (unpaired) electrons. The van der Waals surface area contributed by atoms with Crippen LogP contribution < -0.4 is 25.2 Å². The maximum Gasteiger partial charge on any atom is 0.259 e. The Labute approximate surface area is 406 Å². The van der Waals surface area contributed by atoms with Gasteiger partial charge in [0.15, 0.2) is 28.8 Å². The second-order valence-corrected chi connectivity index (χ2v) is 19.4. The minimum Gasteiger partial charge on any atom is -0.491 e. The first-order valence-electron chi connectivity index (χ1n) is 22.7. The molecule has 3 heterocycles. The number of aliphatic hydroxyl groups excluding tert-OH is 1. The van der Waals surface area contributed by atoms with E-state index in [1.165, 1.54) is 40.5 Å². The first kappa shape index (κ1) is 51.5. The highest BCUT2D eigenvalue weighted by atomic mass is 35.5. The number of anilines is 2. The summed E-state index contributed by atoms with van der Waals surface area (Å²) in [4.78, 5) is 62.3. The molecule has 2 fully saturated rings. The number of rotatable bonds is 20. The van der Waals surface area contributed by atoms with Gasteiger partial charge < -0.3 is 39.4 Å². The minimum absolute atomic E-state index is 0.0283. The number of benzene rings is 3. The highest BCUT2D eigenvalue weighted by Gasteiger charge is 2.50. The van der Waals surface area contributed by atoms with Crippen molar-refractivity contribution in [1.82, 2.24) is 20.5 Å². The number of carbonyl (C=O) groups excluding carboxylic acids is 4. The number of oxazole rings is 1. The summed E-state index contributed by atoms with van der Waals surface area (Å²) >= 11 is 11.9. The summed E-state index contributed by atoms with van der Waals surface area (Å²) in [6.07, 6.45) is 5.65. The van der Waals surface area contributed by atoms with Crippen molar-refractivity contribution in [2.24, 2.45) is 5.41 Å². The van der Waals surface area contributed by atoms with E-state index < -0.39 is 52.7 Å². The van der Waals surface area contributed by atoms with Crippen molar-refractivity contribution >= 4 is 63.9 Å². The van der Waals surface area contributed by atoms with Gasteiger partial charge in [0.1, 0.15) is 30.3 Å². The number of aromatic nitrogens is 1. The lowest BCUT2D eigenvalue weighted by Crippen LogP contribution is -2.58. The minimum atomic E-state index is -1.13. The molecule has 3 N–H and O–H groups in total. The van der Waals surface area contributed by atoms with Gasteiger partial charge in [-0.15, -0.1) is 0 Å². The molecule has 2 aliphatic rings. The number of thiocarbonyl (C=S) groups is 1. The van der Waals surface area contributed by atoms with Crippen molar-refractivity contribution in [3.63, 3.8) is 0 Å². The van der Waals surface area contributed by atoms with Gasteiger partial charge in [0, 0.05) is 43.4 Å². The second kappa shape index (κ2) is 22.5. The van der Waals surface area contributed by atoms with E-state index >= 15 is 4.39 Å². The Morgan fingerprint density at radius 2 is 1.71 bits per heavy atom. The summed E-state index contributed by atoms with van der Waals surface area (Å²) in [5, 5.41) is 25.8. The Kier molecular flexibility index (Phi) is 17.0. The number of unbranched alkanes of at least 4 members (excludes halogenated alkanes) is 5. The molecule has 0 aliphatic carbocycles. The zero-order valence-electron chi connectivity index (χ0n) is 39.3. The summed E-state index contributed by atoms with van der Waals surface area (Å²) in [7, 11) is 0. The Bertz CT molecular complexity index is 2520. The number of carbonyl (C=O) groups is 4. The molecule has 0 unspecified atom stereocenters. The Morgan fingerprint density at radius 3 is 2.34 bits per heavy atom. The van der Waals surface area contributed by atoms with Gasteiger partial charge in [0.2, 0.25) is 17.7 Å². The molecule has 0 bridgehead atoms. The van der Waals surface area contributed by atoms with Gasteiger partial charge in [0.25, 0.3) is 5.91 Å². The summed E-state index contributed by atoms with van der Waals surface area (Å²) in [6.45, 7) is 11.4. The van der Waals surface area contributed by atoms with Gasteiger partial charge in [-0.05, 0) is 87.1 Å². The Hall–Kier alpha value is -5.93. The van der Waals surface area contributed by atoms with E-state index in [0.717, 1.165) is 48.9 Å². The summed E-state index contributed by atoms with van der Waals surface area (Å²) in [6, 6.07) is 16.7. The number of likely N-dealkylation sites (tertiary alicyclic amines) is 1. The standard InChI is InChI=1S/C50H59ClFN7O8S/c1-31-43(67-30-55-31)33-15-13-32(14-16-33)27-54-45(62)40-25-37(60)28-57(40)46(63)44(49(2,3)4)56-42(61)29-65-21-11-9-7-8-10-12-22-66-41-20-19-36(24-39(41)52)59-48(68)58(47(64)50(59,5)6)35-18-17-34(26-53)38(51)23-35/h13-20,23-24,30,37,40,44,60H,7-12,21-22,25,27-29H2,1-6H3,(H,54,62)(H,56,61)/t37-,40+,44-/m1/s1. The van der Waals surface area contributed by atoms with Gasteiger partial charge in [-0.25, -0.2) is 9.37 Å². The maximum atomic E-state index is 15.3. The van der Waals surface area contributed by atoms with Crippen LogP contribution in [-0.2, 0) is 30.5 Å². The van der Waals surface area contributed by atoms with E-state index in [1.54, 1.807) is 30.9 Å². The Balaban J connectivity index is 0.868. The summed E-state index contributed by atoms with van der Waals surface area (Å²) in [5.74, 6) is -1.44. The number of nitriles is 1. The van der Waals surface area contributed by atoms with Crippen LogP contribution in [-0.4, -0.2) is 93.8 Å². The molecule has 4 amide bonds. The molecular weight excluding hydrogens is 913 g/mol. The molecule has 0 saturated carbocycles. The maximum absolute atomic E-state index is 15.3. The molecule has 18 heteroatoms. The van der Waals surface area contributed by atoms with Crippen LogP contribution in [0, 0.1) is 29.5 Å². The van der Waals surface area contributed by atoms with Crippen LogP contribution in [0.2, 0.25) is 5.02 Å². The number of nitrogens with zero attached hydrogens (tertiary/aromatic N) is 5. The van der Waals surface area contributed by atoms with Crippen LogP contribution in [0.4, 0.5) is 15.8 Å². The predicted octanol–water partition coefficient (Wildman–Crippen LogP) is 7.78. The van der Waals surface area contributed by atoms with Crippen molar-refractivity contribution < 1.29 is 42.6 Å². The predicted molar refractivity (Wildman–Crippen MR) is 259 cm³/mol. The van der Waals surface area contributed by atoms with Gasteiger partial charge in [0.05, 0.1) is 34.7 Å². The fourth-order valence-electron chi connectivity index (χ4n) is 8.28. The third kappa shape index (κ3) is 12.2. The molecule has 4 aromatic rings. The van der Waals surface area contributed by atoms with Crippen LogP contribution in [0.25, 0.3) is 11.3 Å². The molecule has 3 aromatic carbocycles. The molecule has 2 aliphatic heterocycles. The van der Waals surface area contributed by atoms with Crippen molar-refractivity contribution in [3.8, 4) is 23.1 Å². The number of aliphatic hydroxyl groups is 1. The van der Waals surface area contributed by atoms with Crippen LogP contribution in [0.1, 0.15) is 96.4 Å². The molecule has 3 atom stereocenters. The quantitative estimate of drug-likeness (QED) is 0.0577. The smallest absolute Gasteiger partial charge is 0.259 e. The molecule has 6 rings (SSSR count). The molecule has 0 spiro atoms. The highest BCUT2D eigenvalue weighted by Crippen LogP contribution is 2.39. The molecular formula is C50H59ClFN7O8S. The van der Waals surface area contributed by atoms with Crippen molar-refractivity contribution in [1.29, 1.82) is 5.26 Å². The second-order valence-electron chi connectivity index (χ2n) is 18.7. The average Bonchev–Trinajstić information content (AvgIpc) is 3.96. The molecule has 68 heavy (non-hydrogen) atoms. The number of halogens is 2. The first-order valence-corrected chi connectivity index (χ1v) is 23.5. The number of nitrogens with one attached hydrogen (secondary N) is 2. The zero-order valence-corrected chi connectivity index (χ0v) is 40.8. The van der Waals surface area contributed by atoms with E-state index in [4.69, 9.17) is 37.7 Å². The van der Waals surface area contributed by atoms with Crippen molar-refractivity contribution in [2.75, 3.05) is 36.2 Å². The fourth-order valence-corrected chi connectivity index (χ4v) is 9.02. The molecule has 2 saturated heterocycles. The number of β-amino-alcohol motifs (C(OH)–C–C–N with tert-alkyl or cyclic N) is 1. The first-order chi connectivity index (χ1) is 32.3. The van der Waals surface area contributed by atoms with Crippen LogP contribution in [0.15, 0.2) is 71.5 Å². The van der Waals surface area contributed by atoms with Crippen molar-refractivity contribution in [2.45, 2.75) is 117 Å². The lowest BCUT2D eigenvalue weighted by atomic mass is 9.85. The van der Waals surface area contributed by atoms with E-state index in [-0.39, 0.29) is 53.5 Å². The largest absolute Gasteiger partial charge is 0.491 e.